The van der Waals surface area contributed by atoms with Crippen LogP contribution in [0.4, 0.5) is 10.1 Å². The standard InChI is InChI=1S/C13H10BrFN2/c14-10-6-7-11(15)12(8-10)17-13(16)9-4-2-1-3-5-9/h1-8H,(H2,16,17). The Labute approximate surface area is 107 Å². The first-order valence-corrected chi connectivity index (χ1v) is 5.81. The van der Waals surface area contributed by atoms with Gasteiger partial charge >= 0.3 is 0 Å². The zero-order chi connectivity index (χ0) is 12.3. The Morgan fingerprint density at radius 2 is 1.82 bits per heavy atom. The molecule has 0 atom stereocenters. The van der Waals surface area contributed by atoms with Gasteiger partial charge in [0.2, 0.25) is 0 Å². The van der Waals surface area contributed by atoms with E-state index in [4.69, 9.17) is 5.73 Å². The molecule has 0 saturated heterocycles. The summed E-state index contributed by atoms with van der Waals surface area (Å²) in [6.45, 7) is 0. The second-order valence-corrected chi connectivity index (χ2v) is 4.37. The van der Waals surface area contributed by atoms with Crippen molar-refractivity contribution in [1.29, 1.82) is 0 Å². The molecule has 0 aromatic heterocycles. The molecule has 0 aliphatic heterocycles. The largest absolute Gasteiger partial charge is 0.383 e. The van der Waals surface area contributed by atoms with Crippen molar-refractivity contribution in [2.45, 2.75) is 0 Å². The van der Waals surface area contributed by atoms with E-state index in [1.54, 1.807) is 12.1 Å². The van der Waals surface area contributed by atoms with Crippen LogP contribution in [0.3, 0.4) is 0 Å². The van der Waals surface area contributed by atoms with Crippen molar-refractivity contribution < 1.29 is 4.39 Å². The lowest BCUT2D eigenvalue weighted by molar-refractivity contribution is 0.629. The Kier molecular flexibility index (Phi) is 3.54. The fourth-order valence-corrected chi connectivity index (χ4v) is 1.72. The zero-order valence-corrected chi connectivity index (χ0v) is 10.5. The molecule has 2 nitrogen and oxygen atoms in total. The van der Waals surface area contributed by atoms with Crippen molar-refractivity contribution in [3.8, 4) is 0 Å². The first-order valence-electron chi connectivity index (χ1n) is 5.01. The van der Waals surface area contributed by atoms with E-state index in [0.717, 1.165) is 10.0 Å². The van der Waals surface area contributed by atoms with E-state index in [9.17, 15) is 4.39 Å². The van der Waals surface area contributed by atoms with Crippen LogP contribution in [0.2, 0.25) is 0 Å². The number of hydrogen-bond donors (Lipinski definition) is 1. The van der Waals surface area contributed by atoms with Gasteiger partial charge < -0.3 is 5.73 Å². The Bertz CT molecular complexity index is 553. The average molecular weight is 293 g/mol. The number of halogens is 2. The molecule has 0 bridgehead atoms. The third kappa shape index (κ3) is 2.91. The minimum absolute atomic E-state index is 0.223. The molecule has 4 heteroatoms. The van der Waals surface area contributed by atoms with E-state index >= 15 is 0 Å². The van der Waals surface area contributed by atoms with E-state index in [2.05, 4.69) is 20.9 Å². The maximum Gasteiger partial charge on any atom is 0.148 e. The fourth-order valence-electron chi connectivity index (χ4n) is 1.37. The van der Waals surface area contributed by atoms with Crippen LogP contribution in [0.1, 0.15) is 5.56 Å². The number of hydrogen-bond acceptors (Lipinski definition) is 1. The first-order chi connectivity index (χ1) is 8.16. The second-order valence-electron chi connectivity index (χ2n) is 3.46. The van der Waals surface area contributed by atoms with Crippen molar-refractivity contribution in [1.82, 2.24) is 0 Å². The lowest BCUT2D eigenvalue weighted by atomic mass is 10.2. The molecule has 0 saturated carbocycles. The molecule has 17 heavy (non-hydrogen) atoms. The smallest absolute Gasteiger partial charge is 0.148 e. The third-order valence-electron chi connectivity index (χ3n) is 2.22. The Balaban J connectivity index is 2.39. The van der Waals surface area contributed by atoms with E-state index < -0.39 is 5.82 Å². The van der Waals surface area contributed by atoms with E-state index in [1.807, 2.05) is 30.3 Å². The highest BCUT2D eigenvalue weighted by atomic mass is 79.9. The van der Waals surface area contributed by atoms with Crippen molar-refractivity contribution in [3.05, 3.63) is 64.4 Å². The lowest BCUT2D eigenvalue weighted by Crippen LogP contribution is -2.12. The van der Waals surface area contributed by atoms with Crippen LogP contribution in [0, 0.1) is 5.82 Å². The molecular weight excluding hydrogens is 283 g/mol. The predicted octanol–water partition coefficient (Wildman–Crippen LogP) is 3.63. The highest BCUT2D eigenvalue weighted by Crippen LogP contribution is 2.23. The predicted molar refractivity (Wildman–Crippen MR) is 70.9 cm³/mol. The van der Waals surface area contributed by atoms with Crippen molar-refractivity contribution in [2.75, 3.05) is 0 Å². The minimum Gasteiger partial charge on any atom is -0.383 e. The summed E-state index contributed by atoms with van der Waals surface area (Å²) in [7, 11) is 0. The number of rotatable bonds is 2. The molecule has 0 fully saturated rings. The Morgan fingerprint density at radius 3 is 2.53 bits per heavy atom. The van der Waals surface area contributed by atoms with E-state index in [-0.39, 0.29) is 5.69 Å². The highest BCUT2D eigenvalue weighted by molar-refractivity contribution is 9.10. The van der Waals surface area contributed by atoms with Gasteiger partial charge in [0.25, 0.3) is 0 Å². The van der Waals surface area contributed by atoms with Crippen LogP contribution < -0.4 is 5.73 Å². The van der Waals surface area contributed by atoms with Gasteiger partial charge in [-0.1, -0.05) is 46.3 Å². The summed E-state index contributed by atoms with van der Waals surface area (Å²) in [5.41, 5.74) is 6.81. The number of amidine groups is 1. The van der Waals surface area contributed by atoms with Crippen LogP contribution in [-0.2, 0) is 0 Å². The van der Waals surface area contributed by atoms with Gasteiger partial charge in [0.05, 0.1) is 0 Å². The summed E-state index contributed by atoms with van der Waals surface area (Å²) in [6, 6.07) is 13.8. The third-order valence-corrected chi connectivity index (χ3v) is 2.71. The normalized spacial score (nSPS) is 11.5. The monoisotopic (exact) mass is 292 g/mol. The summed E-state index contributed by atoms with van der Waals surface area (Å²) in [4.78, 5) is 4.08. The lowest BCUT2D eigenvalue weighted by Gasteiger charge is -2.02. The summed E-state index contributed by atoms with van der Waals surface area (Å²) in [5.74, 6) is -0.102. The number of aliphatic imine (C=N–C) groups is 1. The molecule has 2 rings (SSSR count). The summed E-state index contributed by atoms with van der Waals surface area (Å²) >= 11 is 3.27. The second kappa shape index (κ2) is 5.10. The molecule has 0 aliphatic carbocycles. The van der Waals surface area contributed by atoms with Crippen molar-refractivity contribution >= 4 is 27.5 Å². The van der Waals surface area contributed by atoms with Crippen LogP contribution in [0.5, 0.6) is 0 Å². The van der Waals surface area contributed by atoms with Crippen molar-refractivity contribution in [2.24, 2.45) is 10.7 Å². The summed E-state index contributed by atoms with van der Waals surface area (Å²) in [6.07, 6.45) is 0. The molecule has 2 aromatic rings. The van der Waals surface area contributed by atoms with Gasteiger partial charge in [-0.25, -0.2) is 9.38 Å². The van der Waals surface area contributed by atoms with Gasteiger partial charge in [0.1, 0.15) is 17.3 Å². The van der Waals surface area contributed by atoms with Gasteiger partial charge in [0.15, 0.2) is 0 Å². The quantitative estimate of drug-likeness (QED) is 0.666. The molecule has 0 unspecified atom stereocenters. The highest BCUT2D eigenvalue weighted by Gasteiger charge is 2.03. The van der Waals surface area contributed by atoms with Crippen LogP contribution in [0.25, 0.3) is 0 Å². The number of nitrogens with two attached hydrogens (primary N) is 1. The SMILES string of the molecule is NC(=Nc1cc(Br)ccc1F)c1ccccc1. The zero-order valence-electron chi connectivity index (χ0n) is 8.90. The fraction of sp³-hybridized carbons (Fsp3) is 0. The van der Waals surface area contributed by atoms with Gasteiger partial charge in [-0.2, -0.15) is 0 Å². The van der Waals surface area contributed by atoms with Gasteiger partial charge in [-0.3, -0.25) is 0 Å². The van der Waals surface area contributed by atoms with Gasteiger partial charge in [-0.15, -0.1) is 0 Å². The Hall–Kier alpha value is -1.68. The molecular formula is C13H10BrFN2. The molecule has 2 N–H and O–H groups in total. The maximum absolute atomic E-state index is 13.5. The number of nitrogens with zero attached hydrogens (tertiary/aromatic N) is 1. The van der Waals surface area contributed by atoms with Crippen LogP contribution in [-0.4, -0.2) is 5.84 Å². The molecule has 0 heterocycles. The van der Waals surface area contributed by atoms with Crippen molar-refractivity contribution in [3.63, 3.8) is 0 Å². The van der Waals surface area contributed by atoms with E-state index in [1.165, 1.54) is 6.07 Å². The topological polar surface area (TPSA) is 38.4 Å². The molecule has 0 amide bonds. The van der Waals surface area contributed by atoms with Crippen LogP contribution >= 0.6 is 15.9 Å². The molecule has 0 spiro atoms. The summed E-state index contributed by atoms with van der Waals surface area (Å²) in [5, 5.41) is 0. The maximum atomic E-state index is 13.5. The molecule has 0 radical (unpaired) electrons. The number of benzene rings is 2. The van der Waals surface area contributed by atoms with E-state index in [0.29, 0.717) is 5.84 Å². The van der Waals surface area contributed by atoms with Crippen LogP contribution in [0.15, 0.2) is 58.0 Å². The summed E-state index contributed by atoms with van der Waals surface area (Å²) < 4.78 is 14.2. The first kappa shape index (κ1) is 11.8. The Morgan fingerprint density at radius 1 is 1.12 bits per heavy atom. The average Bonchev–Trinajstić information content (AvgIpc) is 2.35. The molecule has 0 aliphatic rings. The van der Waals surface area contributed by atoms with Gasteiger partial charge in [0, 0.05) is 10.0 Å². The molecule has 2 aromatic carbocycles. The minimum atomic E-state index is -0.396. The van der Waals surface area contributed by atoms with Gasteiger partial charge in [-0.05, 0) is 18.2 Å². The molecule has 86 valence electrons.